The monoisotopic (exact) mass is 419 g/mol. The predicted molar refractivity (Wildman–Crippen MR) is 111 cm³/mol. The molecule has 1 aromatic rings. The summed E-state index contributed by atoms with van der Waals surface area (Å²) in [6, 6.07) is 7.44. The number of hydrogen-bond donors (Lipinski definition) is 4. The minimum atomic E-state index is -0.807. The van der Waals surface area contributed by atoms with Gasteiger partial charge >= 0.3 is 12.0 Å². The Morgan fingerprint density at radius 3 is 2.19 bits per heavy atom. The van der Waals surface area contributed by atoms with E-state index in [9.17, 15) is 9.59 Å². The number of nitrogens with zero attached hydrogens (tertiary/aromatic N) is 2. The highest BCUT2D eigenvalue weighted by Crippen LogP contribution is 2.17. The Balaban J connectivity index is 0.00000338. The zero-order chi connectivity index (χ0) is 18.2. The molecule has 0 radical (unpaired) electrons. The van der Waals surface area contributed by atoms with Crippen LogP contribution in [0.1, 0.15) is 24.8 Å². The summed E-state index contributed by atoms with van der Waals surface area (Å²) in [4.78, 5) is 26.5. The van der Waals surface area contributed by atoms with E-state index in [0.717, 1.165) is 18.8 Å². The summed E-state index contributed by atoms with van der Waals surface area (Å²) in [5.74, 6) is -0.754. The van der Waals surface area contributed by atoms with E-state index in [4.69, 9.17) is 16.2 Å². The molecule has 0 aromatic heterocycles. The molecule has 0 aliphatic carbocycles. The average molecular weight is 420 g/mol. The average Bonchev–Trinajstić information content (AvgIpc) is 2.61. The number of halogens is 2. The van der Waals surface area contributed by atoms with Gasteiger partial charge in [-0.3, -0.25) is 10.2 Å². The van der Waals surface area contributed by atoms with Gasteiger partial charge in [0, 0.05) is 50.4 Å². The van der Waals surface area contributed by atoms with E-state index in [2.05, 4.69) is 10.2 Å². The van der Waals surface area contributed by atoms with Crippen molar-refractivity contribution in [3.63, 3.8) is 0 Å². The van der Waals surface area contributed by atoms with Crippen molar-refractivity contribution < 1.29 is 14.7 Å². The molecule has 10 heteroatoms. The van der Waals surface area contributed by atoms with Crippen molar-refractivity contribution >= 4 is 48.3 Å². The molecule has 5 N–H and O–H groups in total. The predicted octanol–water partition coefficient (Wildman–Crippen LogP) is 1.90. The maximum Gasteiger partial charge on any atom is 0.317 e. The molecule has 8 nitrogen and oxygen atoms in total. The molecule has 1 fully saturated rings. The molecule has 1 saturated heterocycles. The highest BCUT2D eigenvalue weighted by molar-refractivity contribution is 5.95. The van der Waals surface area contributed by atoms with Gasteiger partial charge in [0.15, 0.2) is 0 Å². The van der Waals surface area contributed by atoms with Crippen molar-refractivity contribution in [3.8, 4) is 0 Å². The number of carbonyl (C=O) groups excluding carboxylic acids is 1. The highest BCUT2D eigenvalue weighted by Gasteiger charge is 2.21. The lowest BCUT2D eigenvalue weighted by Crippen LogP contribution is -2.52. The molecule has 1 aliphatic rings. The van der Waals surface area contributed by atoms with Crippen LogP contribution in [0.25, 0.3) is 0 Å². The van der Waals surface area contributed by atoms with Crippen LogP contribution in [-0.2, 0) is 4.79 Å². The third kappa shape index (κ3) is 7.92. The first-order chi connectivity index (χ1) is 12.0. The van der Waals surface area contributed by atoms with Crippen LogP contribution in [0, 0.1) is 5.41 Å². The fourth-order valence-corrected chi connectivity index (χ4v) is 2.73. The Morgan fingerprint density at radius 2 is 1.67 bits per heavy atom. The van der Waals surface area contributed by atoms with Gasteiger partial charge in [0.25, 0.3) is 0 Å². The number of carboxylic acids is 1. The van der Waals surface area contributed by atoms with Gasteiger partial charge in [-0.05, 0) is 37.1 Å². The van der Waals surface area contributed by atoms with E-state index < -0.39 is 5.97 Å². The summed E-state index contributed by atoms with van der Waals surface area (Å²) in [5, 5.41) is 18.8. The normalized spacial score (nSPS) is 13.2. The number of rotatable bonds is 7. The lowest BCUT2D eigenvalue weighted by molar-refractivity contribution is -0.137. The molecule has 1 aliphatic heterocycles. The van der Waals surface area contributed by atoms with Gasteiger partial charge < -0.3 is 26.0 Å². The van der Waals surface area contributed by atoms with Crippen molar-refractivity contribution in [2.75, 3.05) is 37.6 Å². The fraction of sp³-hybridized carbons (Fsp3) is 0.471. The first-order valence-electron chi connectivity index (χ1n) is 8.41. The number of nitrogens with one attached hydrogen (secondary N) is 2. The minimum absolute atomic E-state index is 0. The van der Waals surface area contributed by atoms with Gasteiger partial charge in [0.05, 0.1) is 0 Å². The lowest BCUT2D eigenvalue weighted by atomic mass is 10.1. The van der Waals surface area contributed by atoms with Gasteiger partial charge in [-0.1, -0.05) is 0 Å². The van der Waals surface area contributed by atoms with Gasteiger partial charge in [-0.2, -0.15) is 0 Å². The quantitative estimate of drug-likeness (QED) is 0.305. The number of amides is 2. The van der Waals surface area contributed by atoms with E-state index in [1.165, 1.54) is 0 Å². The third-order valence-corrected chi connectivity index (χ3v) is 4.20. The van der Waals surface area contributed by atoms with E-state index in [-0.39, 0.29) is 43.1 Å². The maximum absolute atomic E-state index is 12.1. The van der Waals surface area contributed by atoms with E-state index in [1.807, 2.05) is 24.3 Å². The number of anilines is 1. The summed E-state index contributed by atoms with van der Waals surface area (Å²) < 4.78 is 0. The Morgan fingerprint density at radius 1 is 1.07 bits per heavy atom. The number of aliphatic carboxylic acids is 1. The second-order valence-electron chi connectivity index (χ2n) is 6.02. The largest absolute Gasteiger partial charge is 0.481 e. The van der Waals surface area contributed by atoms with Crippen molar-refractivity contribution in [1.82, 2.24) is 10.2 Å². The summed E-state index contributed by atoms with van der Waals surface area (Å²) in [7, 11) is 0. The SMILES string of the molecule is Cl.Cl.N=C(N)c1ccc(N2CCN(C(=O)NCCCCC(=O)O)CC2)cc1. The maximum atomic E-state index is 12.1. The van der Waals surface area contributed by atoms with Crippen LogP contribution in [0.4, 0.5) is 10.5 Å². The topological polar surface area (TPSA) is 123 Å². The second kappa shape index (κ2) is 12.2. The Labute approximate surface area is 171 Å². The summed E-state index contributed by atoms with van der Waals surface area (Å²) >= 11 is 0. The van der Waals surface area contributed by atoms with Crippen molar-refractivity contribution in [3.05, 3.63) is 29.8 Å². The molecule has 0 saturated carbocycles. The Hall–Kier alpha value is -2.19. The van der Waals surface area contributed by atoms with Crippen molar-refractivity contribution in [2.45, 2.75) is 19.3 Å². The van der Waals surface area contributed by atoms with Crippen LogP contribution in [0.2, 0.25) is 0 Å². The number of unbranched alkanes of at least 4 members (excludes halogenated alkanes) is 1. The summed E-state index contributed by atoms with van der Waals surface area (Å²) in [5.41, 5.74) is 7.21. The highest BCUT2D eigenvalue weighted by atomic mass is 35.5. The van der Waals surface area contributed by atoms with Crippen LogP contribution in [0.3, 0.4) is 0 Å². The number of hydrogen-bond acceptors (Lipinski definition) is 4. The molecule has 1 heterocycles. The number of nitrogens with two attached hydrogens (primary N) is 1. The van der Waals surface area contributed by atoms with Gasteiger partial charge in [-0.15, -0.1) is 24.8 Å². The number of carbonyl (C=O) groups is 2. The van der Waals surface area contributed by atoms with Crippen LogP contribution in [0.5, 0.6) is 0 Å². The molecular weight excluding hydrogens is 393 g/mol. The number of amidine groups is 1. The number of benzene rings is 1. The zero-order valence-corrected chi connectivity index (χ0v) is 16.7. The molecule has 0 bridgehead atoms. The van der Waals surface area contributed by atoms with E-state index in [0.29, 0.717) is 38.0 Å². The summed E-state index contributed by atoms with van der Waals surface area (Å²) in [6.07, 6.45) is 1.37. The Kier molecular flexibility index (Phi) is 11.2. The van der Waals surface area contributed by atoms with E-state index >= 15 is 0 Å². The molecule has 27 heavy (non-hydrogen) atoms. The van der Waals surface area contributed by atoms with Crippen LogP contribution in [-0.4, -0.2) is 60.6 Å². The number of piperazine rings is 1. The first-order valence-corrected chi connectivity index (χ1v) is 8.41. The third-order valence-electron chi connectivity index (χ3n) is 4.20. The minimum Gasteiger partial charge on any atom is -0.481 e. The molecule has 1 aromatic carbocycles. The molecule has 0 spiro atoms. The van der Waals surface area contributed by atoms with Crippen LogP contribution >= 0.6 is 24.8 Å². The number of urea groups is 1. The van der Waals surface area contributed by atoms with Gasteiger partial charge in [0.2, 0.25) is 0 Å². The number of carboxylic acid groups (broad SMARTS) is 1. The molecule has 2 amide bonds. The number of nitrogen functional groups attached to an aromatic ring is 1. The van der Waals surface area contributed by atoms with Crippen molar-refractivity contribution in [1.29, 1.82) is 5.41 Å². The van der Waals surface area contributed by atoms with Crippen LogP contribution < -0.4 is 16.0 Å². The molecule has 2 rings (SSSR count). The van der Waals surface area contributed by atoms with E-state index in [1.54, 1.807) is 4.90 Å². The Bertz CT molecular complexity index is 619. The van der Waals surface area contributed by atoms with Gasteiger partial charge in [0.1, 0.15) is 5.84 Å². The molecular formula is C17H27Cl2N5O3. The molecule has 0 atom stereocenters. The standard InChI is InChI=1S/C17H25N5O3.2ClH/c18-16(19)13-4-6-14(7-5-13)21-9-11-22(12-10-21)17(25)20-8-2-1-3-15(23)24;;/h4-7H,1-3,8-12H2,(H3,18,19)(H,20,25)(H,23,24);2*1H. The van der Waals surface area contributed by atoms with Crippen LogP contribution in [0.15, 0.2) is 24.3 Å². The lowest BCUT2D eigenvalue weighted by Gasteiger charge is -2.36. The second-order valence-corrected chi connectivity index (χ2v) is 6.02. The first kappa shape index (κ1) is 24.8. The molecule has 0 unspecified atom stereocenters. The van der Waals surface area contributed by atoms with Gasteiger partial charge in [-0.25, -0.2) is 4.79 Å². The van der Waals surface area contributed by atoms with Crippen molar-refractivity contribution in [2.24, 2.45) is 5.73 Å². The smallest absolute Gasteiger partial charge is 0.317 e. The summed E-state index contributed by atoms with van der Waals surface area (Å²) in [6.45, 7) is 3.25. The fourth-order valence-electron chi connectivity index (χ4n) is 2.73. The zero-order valence-electron chi connectivity index (χ0n) is 15.0. The molecule has 152 valence electrons.